The summed E-state index contributed by atoms with van der Waals surface area (Å²) in [4.78, 5) is 0. The number of thiophene rings is 1. The molecule has 1 nitrogen and oxygen atoms in total. The van der Waals surface area contributed by atoms with E-state index in [9.17, 15) is 0 Å². The van der Waals surface area contributed by atoms with Crippen LogP contribution < -0.4 is 5.32 Å². The molecule has 2 heterocycles. The fourth-order valence-electron chi connectivity index (χ4n) is 2.66. The Morgan fingerprint density at radius 1 is 1.25 bits per heavy atom. The van der Waals surface area contributed by atoms with Crippen LogP contribution >= 0.6 is 39.0 Å². The molecule has 1 N–H and O–H groups in total. The lowest BCUT2D eigenvalue weighted by atomic mass is 10.0. The fraction of sp³-hybridized carbons (Fsp3) is 0.375. The van der Waals surface area contributed by atoms with Crippen LogP contribution in [-0.4, -0.2) is 5.25 Å². The molecule has 0 aliphatic carbocycles. The second-order valence-electron chi connectivity index (χ2n) is 5.32. The Labute approximate surface area is 137 Å². The molecule has 0 radical (unpaired) electrons. The summed E-state index contributed by atoms with van der Waals surface area (Å²) in [7, 11) is 0. The van der Waals surface area contributed by atoms with Gasteiger partial charge in [-0.1, -0.05) is 35.0 Å². The first-order valence-corrected chi connectivity index (χ1v) is 9.44. The average molecular weight is 368 g/mol. The first kappa shape index (κ1) is 14.6. The minimum atomic E-state index is 0.371. The minimum Gasteiger partial charge on any atom is -0.303 e. The lowest BCUT2D eigenvalue weighted by Gasteiger charge is -2.30. The van der Waals surface area contributed by atoms with Gasteiger partial charge in [0, 0.05) is 21.8 Å². The third kappa shape index (κ3) is 3.14. The summed E-state index contributed by atoms with van der Waals surface area (Å²) in [6, 6.07) is 11.7. The number of hydrogen-bond acceptors (Lipinski definition) is 3. The number of rotatable bonds is 3. The van der Waals surface area contributed by atoms with Gasteiger partial charge < -0.3 is 5.32 Å². The normalized spacial score (nSPS) is 23.4. The van der Waals surface area contributed by atoms with Crippen LogP contribution in [0.15, 0.2) is 44.4 Å². The average Bonchev–Trinajstić information content (AvgIpc) is 2.87. The van der Waals surface area contributed by atoms with E-state index in [1.54, 1.807) is 0 Å². The number of fused-ring (bicyclic) bond motifs is 1. The molecule has 0 saturated carbocycles. The first-order chi connectivity index (χ1) is 9.63. The zero-order valence-electron chi connectivity index (χ0n) is 11.6. The maximum Gasteiger partial charge on any atom is 0.0649 e. The zero-order chi connectivity index (χ0) is 14.1. The predicted molar refractivity (Wildman–Crippen MR) is 92.7 cm³/mol. The van der Waals surface area contributed by atoms with E-state index in [4.69, 9.17) is 0 Å². The summed E-state index contributed by atoms with van der Waals surface area (Å²) >= 11 is 7.39. The van der Waals surface area contributed by atoms with E-state index in [-0.39, 0.29) is 0 Å². The molecule has 20 heavy (non-hydrogen) atoms. The van der Waals surface area contributed by atoms with E-state index in [0.29, 0.717) is 17.3 Å². The quantitative estimate of drug-likeness (QED) is 0.736. The van der Waals surface area contributed by atoms with Gasteiger partial charge in [-0.3, -0.25) is 0 Å². The Kier molecular flexibility index (Phi) is 4.55. The van der Waals surface area contributed by atoms with E-state index in [1.807, 2.05) is 23.1 Å². The van der Waals surface area contributed by atoms with Crippen LogP contribution in [-0.2, 0) is 0 Å². The first-order valence-electron chi connectivity index (χ1n) is 6.89. The van der Waals surface area contributed by atoms with Crippen molar-refractivity contribution in [1.82, 2.24) is 5.32 Å². The van der Waals surface area contributed by atoms with Gasteiger partial charge in [0.15, 0.2) is 0 Å². The monoisotopic (exact) mass is 367 g/mol. The second kappa shape index (κ2) is 6.22. The van der Waals surface area contributed by atoms with Crippen molar-refractivity contribution in [2.45, 2.75) is 41.8 Å². The van der Waals surface area contributed by atoms with Gasteiger partial charge in [0.2, 0.25) is 0 Å². The maximum absolute atomic E-state index is 3.81. The molecular formula is C16H18BrNS2. The highest BCUT2D eigenvalue weighted by molar-refractivity contribution is 9.10. The molecule has 0 saturated heterocycles. The topological polar surface area (TPSA) is 12.0 Å². The molecule has 1 aliphatic heterocycles. The smallest absolute Gasteiger partial charge is 0.0649 e. The molecule has 106 valence electrons. The predicted octanol–water partition coefficient (Wildman–Crippen LogP) is 5.79. The Morgan fingerprint density at radius 2 is 2.00 bits per heavy atom. The Morgan fingerprint density at radius 3 is 2.75 bits per heavy atom. The summed E-state index contributed by atoms with van der Waals surface area (Å²) in [5, 5.41) is 6.71. The van der Waals surface area contributed by atoms with Gasteiger partial charge >= 0.3 is 0 Å². The molecule has 1 aliphatic rings. The SMILES string of the molecule is C[C@H]1CC(N[C@H](C)c2ccc(Br)cc2)c2ccsc2S1. The Bertz CT molecular complexity index is 578. The van der Waals surface area contributed by atoms with Crippen LogP contribution in [0.4, 0.5) is 0 Å². The van der Waals surface area contributed by atoms with Crippen molar-refractivity contribution in [3.05, 3.63) is 51.3 Å². The summed E-state index contributed by atoms with van der Waals surface area (Å²) in [5.74, 6) is 0. The summed E-state index contributed by atoms with van der Waals surface area (Å²) in [6.45, 7) is 4.58. The highest BCUT2D eigenvalue weighted by Crippen LogP contribution is 2.44. The summed E-state index contributed by atoms with van der Waals surface area (Å²) < 4.78 is 2.63. The van der Waals surface area contributed by atoms with Crippen LogP contribution in [0.3, 0.4) is 0 Å². The molecular weight excluding hydrogens is 350 g/mol. The van der Waals surface area contributed by atoms with E-state index in [1.165, 1.54) is 21.8 Å². The van der Waals surface area contributed by atoms with Crippen LogP contribution in [0.2, 0.25) is 0 Å². The zero-order valence-corrected chi connectivity index (χ0v) is 14.8. The van der Waals surface area contributed by atoms with Gasteiger partial charge in [-0.25, -0.2) is 0 Å². The van der Waals surface area contributed by atoms with Crippen LogP contribution in [0.5, 0.6) is 0 Å². The van der Waals surface area contributed by atoms with Crippen molar-refractivity contribution in [3.8, 4) is 0 Å². The Balaban J connectivity index is 1.76. The van der Waals surface area contributed by atoms with Gasteiger partial charge in [-0.05, 0) is 48.1 Å². The highest BCUT2D eigenvalue weighted by Gasteiger charge is 2.27. The molecule has 0 spiro atoms. The van der Waals surface area contributed by atoms with Crippen molar-refractivity contribution < 1.29 is 0 Å². The van der Waals surface area contributed by atoms with Crippen molar-refractivity contribution in [2.24, 2.45) is 0 Å². The van der Waals surface area contributed by atoms with E-state index in [0.717, 1.165) is 4.47 Å². The molecule has 0 fully saturated rings. The maximum atomic E-state index is 3.81. The van der Waals surface area contributed by atoms with Crippen molar-refractivity contribution in [1.29, 1.82) is 0 Å². The van der Waals surface area contributed by atoms with E-state index >= 15 is 0 Å². The largest absolute Gasteiger partial charge is 0.303 e. The van der Waals surface area contributed by atoms with E-state index in [2.05, 4.69) is 70.8 Å². The fourth-order valence-corrected chi connectivity index (χ4v) is 5.49. The van der Waals surface area contributed by atoms with Crippen molar-refractivity contribution in [2.75, 3.05) is 0 Å². The van der Waals surface area contributed by atoms with Gasteiger partial charge in [-0.2, -0.15) is 0 Å². The highest BCUT2D eigenvalue weighted by atomic mass is 79.9. The lowest BCUT2D eigenvalue weighted by molar-refractivity contribution is 0.435. The molecule has 1 aromatic carbocycles. The van der Waals surface area contributed by atoms with Crippen molar-refractivity contribution >= 4 is 39.0 Å². The Hall–Kier alpha value is -0.290. The number of halogens is 1. The number of nitrogens with one attached hydrogen (secondary N) is 1. The van der Waals surface area contributed by atoms with Crippen LogP contribution in [0.1, 0.15) is 43.5 Å². The summed E-state index contributed by atoms with van der Waals surface area (Å²) in [5.41, 5.74) is 2.83. The minimum absolute atomic E-state index is 0.371. The number of thioether (sulfide) groups is 1. The molecule has 0 bridgehead atoms. The van der Waals surface area contributed by atoms with Crippen molar-refractivity contribution in [3.63, 3.8) is 0 Å². The molecule has 4 heteroatoms. The molecule has 2 aromatic rings. The second-order valence-corrected chi connectivity index (χ2v) is 8.86. The standard InChI is InChI=1S/C16H18BrNS2/c1-10-9-15(14-7-8-19-16(14)20-10)18-11(2)12-3-5-13(17)6-4-12/h3-8,10-11,15,18H,9H2,1-2H3/t10-,11+,15?/m0/s1. The van der Waals surface area contributed by atoms with E-state index < -0.39 is 0 Å². The van der Waals surface area contributed by atoms with Crippen LogP contribution in [0.25, 0.3) is 0 Å². The third-order valence-corrected chi connectivity index (χ3v) is 6.60. The number of benzene rings is 1. The molecule has 1 unspecified atom stereocenters. The third-order valence-electron chi connectivity index (χ3n) is 3.73. The number of hydrogen-bond donors (Lipinski definition) is 1. The molecule has 0 amide bonds. The lowest BCUT2D eigenvalue weighted by Crippen LogP contribution is -2.28. The molecule has 3 rings (SSSR count). The van der Waals surface area contributed by atoms with Gasteiger partial charge in [-0.15, -0.1) is 23.1 Å². The molecule has 3 atom stereocenters. The van der Waals surface area contributed by atoms with Gasteiger partial charge in [0.25, 0.3) is 0 Å². The van der Waals surface area contributed by atoms with Crippen LogP contribution in [0, 0.1) is 0 Å². The summed E-state index contributed by atoms with van der Waals surface area (Å²) in [6.07, 6.45) is 1.20. The van der Waals surface area contributed by atoms with Gasteiger partial charge in [0.1, 0.15) is 0 Å². The van der Waals surface area contributed by atoms with Gasteiger partial charge in [0.05, 0.1) is 4.21 Å². The molecule has 1 aromatic heterocycles.